The number of alkyl carbamates (subject to hydrolysis) is 1. The van der Waals surface area contributed by atoms with Gasteiger partial charge in [0.25, 0.3) is 0 Å². The predicted octanol–water partition coefficient (Wildman–Crippen LogP) is 3.30. The number of carbonyl (C=O) groups is 4. The molecule has 12 nitrogen and oxygen atoms in total. The second-order valence-electron chi connectivity index (χ2n) is 8.73. The van der Waals surface area contributed by atoms with Gasteiger partial charge in [0.15, 0.2) is 0 Å². The summed E-state index contributed by atoms with van der Waals surface area (Å²) in [5.41, 5.74) is 1.85. The molecule has 0 aromatic heterocycles. The Labute approximate surface area is 243 Å². The Morgan fingerprint density at radius 2 is 1.43 bits per heavy atom. The van der Waals surface area contributed by atoms with Crippen LogP contribution in [-0.2, 0) is 39.7 Å². The molecule has 1 unspecified atom stereocenters. The Hall–Kier alpha value is -4.68. The molecule has 0 spiro atoms. The Balaban J connectivity index is 1.43. The van der Waals surface area contributed by atoms with E-state index in [1.54, 1.807) is 12.1 Å². The number of rotatable bonds is 16. The van der Waals surface area contributed by atoms with E-state index in [1.807, 2.05) is 30.4 Å². The fourth-order valence-electron chi connectivity index (χ4n) is 3.85. The molecule has 0 fully saturated rings. The molecule has 3 rings (SSSR count). The summed E-state index contributed by atoms with van der Waals surface area (Å²) >= 11 is 0. The molecule has 1 aliphatic carbocycles. The molecule has 42 heavy (non-hydrogen) atoms. The Morgan fingerprint density at radius 1 is 0.786 bits per heavy atom. The predicted molar refractivity (Wildman–Crippen MR) is 152 cm³/mol. The zero-order valence-electron chi connectivity index (χ0n) is 23.1. The quantitative estimate of drug-likeness (QED) is 0.0993. The third kappa shape index (κ3) is 10.7. The maximum absolute atomic E-state index is 12.3. The van der Waals surface area contributed by atoms with Crippen molar-refractivity contribution in [2.75, 3.05) is 52.7 Å². The number of esters is 2. The molecule has 2 aromatic carbocycles. The van der Waals surface area contributed by atoms with Crippen LogP contribution < -0.4 is 15.4 Å². The number of nitrogens with one attached hydrogen (secondary N) is 2. The summed E-state index contributed by atoms with van der Waals surface area (Å²) in [6.45, 7) is 8.10. The van der Waals surface area contributed by atoms with Crippen LogP contribution in [0, 0.1) is 0 Å². The van der Waals surface area contributed by atoms with E-state index < -0.39 is 30.2 Å². The van der Waals surface area contributed by atoms with Crippen molar-refractivity contribution in [2.24, 2.45) is 0 Å². The van der Waals surface area contributed by atoms with Crippen LogP contribution in [-0.4, -0.2) is 76.9 Å². The minimum Gasteiger partial charge on any atom is -0.460 e. The number of ether oxygens (including phenoxy) is 6. The second kappa shape index (κ2) is 17.2. The summed E-state index contributed by atoms with van der Waals surface area (Å²) in [6.07, 6.45) is 4.79. The van der Waals surface area contributed by atoms with Crippen LogP contribution in [0.5, 0.6) is 5.75 Å². The molecule has 2 N–H and O–H groups in total. The van der Waals surface area contributed by atoms with Gasteiger partial charge in [-0.1, -0.05) is 31.4 Å². The molecule has 0 aliphatic heterocycles. The number of amides is 2. The highest BCUT2D eigenvalue weighted by atomic mass is 16.6. The topological polar surface area (TPSA) is 148 Å². The first-order valence-electron chi connectivity index (χ1n) is 13.3. The highest BCUT2D eigenvalue weighted by Gasteiger charge is 2.21. The van der Waals surface area contributed by atoms with Crippen LogP contribution in [0.3, 0.4) is 0 Å². The summed E-state index contributed by atoms with van der Waals surface area (Å²) in [4.78, 5) is 46.4. The third-order valence-corrected chi connectivity index (χ3v) is 5.78. The zero-order valence-corrected chi connectivity index (χ0v) is 23.1. The summed E-state index contributed by atoms with van der Waals surface area (Å²) in [5.74, 6) is -0.671. The molecule has 0 bridgehead atoms. The van der Waals surface area contributed by atoms with E-state index in [1.165, 1.54) is 0 Å². The van der Waals surface area contributed by atoms with Crippen LogP contribution >= 0.6 is 0 Å². The van der Waals surface area contributed by atoms with E-state index in [0.717, 1.165) is 34.1 Å². The lowest BCUT2D eigenvalue weighted by molar-refractivity contribution is -0.140. The van der Waals surface area contributed by atoms with Gasteiger partial charge in [0.2, 0.25) is 0 Å². The van der Waals surface area contributed by atoms with Gasteiger partial charge in [-0.15, -0.1) is 0 Å². The molecule has 1 aliphatic rings. The first-order chi connectivity index (χ1) is 20.4. The monoisotopic (exact) mass is 582 g/mol. The van der Waals surface area contributed by atoms with E-state index in [0.29, 0.717) is 12.2 Å². The van der Waals surface area contributed by atoms with Crippen LogP contribution in [0.25, 0.3) is 10.8 Å². The maximum atomic E-state index is 12.3. The van der Waals surface area contributed by atoms with E-state index in [4.69, 9.17) is 28.4 Å². The molecule has 0 saturated heterocycles. The number of hydrogen-bond acceptors (Lipinski definition) is 10. The number of fused-ring (bicyclic) bond motifs is 2. The SMILES string of the molecule is C=CC(=O)OCCOCCNC(=O)Oc1ccc2cc3c(cc2c1)CC=CC3OC(=O)NCCOCCOC(=O)C=C. The van der Waals surface area contributed by atoms with Gasteiger partial charge in [0.1, 0.15) is 25.1 Å². The lowest BCUT2D eigenvalue weighted by Crippen LogP contribution is -2.30. The Kier molecular flexibility index (Phi) is 13.0. The lowest BCUT2D eigenvalue weighted by atomic mass is 9.91. The molecule has 0 heterocycles. The minimum atomic E-state index is -0.627. The molecule has 0 saturated carbocycles. The average molecular weight is 583 g/mol. The lowest BCUT2D eigenvalue weighted by Gasteiger charge is -2.22. The Bertz CT molecular complexity index is 1310. The molecule has 1 atom stereocenters. The summed E-state index contributed by atoms with van der Waals surface area (Å²) in [6, 6.07) is 9.20. The van der Waals surface area contributed by atoms with E-state index in [-0.39, 0.29) is 52.7 Å². The normalized spacial score (nSPS) is 13.4. The van der Waals surface area contributed by atoms with Gasteiger partial charge in [-0.25, -0.2) is 19.2 Å². The fraction of sp³-hybridized carbons (Fsp3) is 0.333. The summed E-state index contributed by atoms with van der Waals surface area (Å²) < 4.78 is 31.2. The zero-order chi connectivity index (χ0) is 30.2. The highest BCUT2D eigenvalue weighted by Crippen LogP contribution is 2.33. The standard InChI is InChI=1S/C30H34N2O10/c1-3-27(33)39-16-14-37-12-10-31-29(35)41-24-9-8-21-20-25-22(18-23(21)19-24)6-5-7-26(25)42-30(36)32-11-13-38-15-17-40-28(34)4-2/h3-5,7-9,18-20,26H,1-2,6,10-17H2,(H,31,35)(H,32,36). The van der Waals surface area contributed by atoms with E-state index in [9.17, 15) is 19.2 Å². The largest absolute Gasteiger partial charge is 0.460 e. The maximum Gasteiger partial charge on any atom is 0.412 e. The van der Waals surface area contributed by atoms with Crippen molar-refractivity contribution in [3.63, 3.8) is 0 Å². The van der Waals surface area contributed by atoms with E-state index in [2.05, 4.69) is 23.8 Å². The van der Waals surface area contributed by atoms with Crippen LogP contribution in [0.15, 0.2) is 67.8 Å². The highest BCUT2D eigenvalue weighted by molar-refractivity contribution is 5.87. The second-order valence-corrected chi connectivity index (χ2v) is 8.73. The number of carbonyl (C=O) groups excluding carboxylic acids is 4. The number of hydrogen-bond donors (Lipinski definition) is 2. The minimum absolute atomic E-state index is 0.0978. The smallest absolute Gasteiger partial charge is 0.412 e. The van der Waals surface area contributed by atoms with Crippen molar-refractivity contribution in [1.82, 2.24) is 10.6 Å². The number of benzene rings is 2. The molecule has 224 valence electrons. The van der Waals surface area contributed by atoms with Gasteiger partial charge >= 0.3 is 24.1 Å². The third-order valence-electron chi connectivity index (χ3n) is 5.78. The van der Waals surface area contributed by atoms with Crippen molar-refractivity contribution < 1.29 is 47.6 Å². The fourth-order valence-corrected chi connectivity index (χ4v) is 3.85. The van der Waals surface area contributed by atoms with Gasteiger partial charge in [0, 0.05) is 30.8 Å². The van der Waals surface area contributed by atoms with Gasteiger partial charge in [0.05, 0.1) is 26.4 Å². The van der Waals surface area contributed by atoms with Crippen LogP contribution in [0.1, 0.15) is 17.2 Å². The van der Waals surface area contributed by atoms with Crippen molar-refractivity contribution in [3.05, 3.63) is 78.9 Å². The van der Waals surface area contributed by atoms with Crippen molar-refractivity contribution >= 4 is 34.9 Å². The van der Waals surface area contributed by atoms with Crippen molar-refractivity contribution in [1.29, 1.82) is 0 Å². The molecular formula is C30H34N2O10. The van der Waals surface area contributed by atoms with Crippen molar-refractivity contribution in [3.8, 4) is 5.75 Å². The number of allylic oxidation sites excluding steroid dienone is 1. The molecular weight excluding hydrogens is 548 g/mol. The summed E-state index contributed by atoms with van der Waals surface area (Å²) in [7, 11) is 0. The molecule has 12 heteroatoms. The van der Waals surface area contributed by atoms with Crippen LogP contribution in [0.2, 0.25) is 0 Å². The first kappa shape index (κ1) is 31.8. The van der Waals surface area contributed by atoms with Crippen LogP contribution in [0.4, 0.5) is 9.59 Å². The van der Waals surface area contributed by atoms with Gasteiger partial charge in [-0.3, -0.25) is 0 Å². The molecule has 2 amide bonds. The van der Waals surface area contributed by atoms with Gasteiger partial charge in [-0.05, 0) is 47.0 Å². The molecule has 2 aromatic rings. The molecule has 0 radical (unpaired) electrons. The summed E-state index contributed by atoms with van der Waals surface area (Å²) in [5, 5.41) is 6.99. The van der Waals surface area contributed by atoms with Gasteiger partial charge in [-0.2, -0.15) is 0 Å². The Morgan fingerprint density at radius 3 is 2.07 bits per heavy atom. The van der Waals surface area contributed by atoms with E-state index >= 15 is 0 Å². The van der Waals surface area contributed by atoms with Crippen molar-refractivity contribution in [2.45, 2.75) is 12.5 Å². The van der Waals surface area contributed by atoms with Gasteiger partial charge < -0.3 is 39.1 Å². The average Bonchev–Trinajstić information content (AvgIpc) is 2.99. The first-order valence-corrected chi connectivity index (χ1v) is 13.3.